The van der Waals surface area contributed by atoms with Gasteiger partial charge in [-0.05, 0) is 32.4 Å². The minimum absolute atomic E-state index is 0.195. The third-order valence-corrected chi connectivity index (χ3v) is 4.61. The molecule has 0 spiro atoms. The standard InChI is InChI=1S/C17H21N5O3/c1-11-13(12-8-18-21(3)9-12)4-5-14(19-11)20-16(25)22-7-6-17(2,10-22)15(23)24/h4-5,8-9H,6-7,10H2,1-3H3,(H,23,24)(H,19,20,25). The Morgan fingerprint density at radius 1 is 1.36 bits per heavy atom. The van der Waals surface area contributed by atoms with Gasteiger partial charge in [0.05, 0.1) is 11.6 Å². The topological polar surface area (TPSA) is 100 Å². The van der Waals surface area contributed by atoms with Crippen molar-refractivity contribution in [2.24, 2.45) is 12.5 Å². The van der Waals surface area contributed by atoms with Crippen LogP contribution < -0.4 is 5.32 Å². The van der Waals surface area contributed by atoms with Crippen molar-refractivity contribution in [1.29, 1.82) is 0 Å². The zero-order valence-corrected chi connectivity index (χ0v) is 14.5. The molecule has 1 unspecified atom stereocenters. The zero-order valence-electron chi connectivity index (χ0n) is 14.5. The number of nitrogens with one attached hydrogen (secondary N) is 1. The number of carboxylic acid groups (broad SMARTS) is 1. The van der Waals surface area contributed by atoms with E-state index in [1.165, 1.54) is 4.90 Å². The largest absolute Gasteiger partial charge is 0.481 e. The Balaban J connectivity index is 1.70. The first-order chi connectivity index (χ1) is 11.8. The molecule has 0 saturated carbocycles. The van der Waals surface area contributed by atoms with E-state index in [4.69, 9.17) is 0 Å². The molecule has 2 aromatic rings. The van der Waals surface area contributed by atoms with Crippen molar-refractivity contribution in [1.82, 2.24) is 19.7 Å². The summed E-state index contributed by atoms with van der Waals surface area (Å²) in [6.07, 6.45) is 4.11. The summed E-state index contributed by atoms with van der Waals surface area (Å²) >= 11 is 0. The highest BCUT2D eigenvalue weighted by Crippen LogP contribution is 2.30. The molecular formula is C17H21N5O3. The second-order valence-electron chi connectivity index (χ2n) is 6.70. The van der Waals surface area contributed by atoms with Crippen molar-refractivity contribution >= 4 is 17.8 Å². The minimum atomic E-state index is -0.884. The summed E-state index contributed by atoms with van der Waals surface area (Å²) in [5, 5.41) is 16.2. The molecule has 8 heteroatoms. The van der Waals surface area contributed by atoms with Gasteiger partial charge in [-0.15, -0.1) is 0 Å². The fraction of sp³-hybridized carbons (Fsp3) is 0.412. The van der Waals surface area contributed by atoms with Crippen LogP contribution in [0.2, 0.25) is 0 Å². The number of carboxylic acids is 1. The van der Waals surface area contributed by atoms with Gasteiger partial charge < -0.3 is 10.0 Å². The van der Waals surface area contributed by atoms with Gasteiger partial charge >= 0.3 is 12.0 Å². The number of aromatic nitrogens is 3. The fourth-order valence-electron chi connectivity index (χ4n) is 2.99. The third-order valence-electron chi connectivity index (χ3n) is 4.61. The van der Waals surface area contributed by atoms with Crippen LogP contribution in [0.5, 0.6) is 0 Å². The van der Waals surface area contributed by atoms with Gasteiger partial charge in [-0.2, -0.15) is 5.10 Å². The van der Waals surface area contributed by atoms with E-state index in [0.717, 1.165) is 16.8 Å². The Morgan fingerprint density at radius 3 is 2.68 bits per heavy atom. The number of anilines is 1. The number of rotatable bonds is 3. The van der Waals surface area contributed by atoms with Crippen molar-refractivity contribution in [2.75, 3.05) is 18.4 Å². The summed E-state index contributed by atoms with van der Waals surface area (Å²) in [4.78, 5) is 29.6. The number of carbonyl (C=O) groups is 2. The molecule has 1 aliphatic heterocycles. The normalized spacial score (nSPS) is 19.9. The number of hydrogen-bond donors (Lipinski definition) is 2. The highest BCUT2D eigenvalue weighted by molar-refractivity contribution is 5.89. The monoisotopic (exact) mass is 343 g/mol. The predicted octanol–water partition coefficient (Wildman–Crippen LogP) is 2.12. The molecule has 1 aliphatic rings. The average molecular weight is 343 g/mol. The Bertz CT molecular complexity index is 831. The van der Waals surface area contributed by atoms with E-state index in [1.807, 2.05) is 26.2 Å². The third kappa shape index (κ3) is 3.33. The summed E-state index contributed by atoms with van der Waals surface area (Å²) in [5.41, 5.74) is 1.81. The number of likely N-dealkylation sites (tertiary alicyclic amines) is 1. The minimum Gasteiger partial charge on any atom is -0.481 e. The number of hydrogen-bond acceptors (Lipinski definition) is 4. The number of aryl methyl sites for hydroxylation is 2. The zero-order chi connectivity index (χ0) is 18.2. The molecule has 0 aromatic carbocycles. The summed E-state index contributed by atoms with van der Waals surface area (Å²) in [6, 6.07) is 3.30. The van der Waals surface area contributed by atoms with Gasteiger partial charge in [0.1, 0.15) is 5.82 Å². The molecule has 1 fully saturated rings. The molecule has 2 aromatic heterocycles. The van der Waals surface area contributed by atoms with Crippen LogP contribution in [0.4, 0.5) is 10.6 Å². The molecule has 2 amide bonds. The average Bonchev–Trinajstić information content (AvgIpc) is 3.15. The molecule has 1 saturated heterocycles. The maximum Gasteiger partial charge on any atom is 0.323 e. The van der Waals surface area contributed by atoms with E-state index in [1.54, 1.807) is 23.9 Å². The molecule has 0 radical (unpaired) electrons. The van der Waals surface area contributed by atoms with Gasteiger partial charge in [-0.1, -0.05) is 0 Å². The van der Waals surface area contributed by atoms with Crippen molar-refractivity contribution in [3.8, 4) is 11.1 Å². The number of pyridine rings is 1. The van der Waals surface area contributed by atoms with Crippen LogP contribution in [-0.2, 0) is 11.8 Å². The summed E-state index contributed by atoms with van der Waals surface area (Å²) in [5.74, 6) is -0.434. The summed E-state index contributed by atoms with van der Waals surface area (Å²) < 4.78 is 1.72. The molecule has 3 heterocycles. The number of aliphatic carboxylic acids is 1. The lowest BCUT2D eigenvalue weighted by molar-refractivity contribution is -0.146. The Hall–Kier alpha value is -2.90. The number of amides is 2. The molecule has 1 atom stereocenters. The number of urea groups is 1. The lowest BCUT2D eigenvalue weighted by Crippen LogP contribution is -2.37. The second kappa shape index (κ2) is 6.19. The van der Waals surface area contributed by atoms with Crippen LogP contribution in [0.15, 0.2) is 24.5 Å². The summed E-state index contributed by atoms with van der Waals surface area (Å²) in [6.45, 7) is 4.14. The lowest BCUT2D eigenvalue weighted by atomic mass is 9.90. The highest BCUT2D eigenvalue weighted by Gasteiger charge is 2.42. The molecule has 132 valence electrons. The second-order valence-corrected chi connectivity index (χ2v) is 6.70. The van der Waals surface area contributed by atoms with Crippen LogP contribution >= 0.6 is 0 Å². The van der Waals surface area contributed by atoms with Crippen LogP contribution in [0, 0.1) is 12.3 Å². The quantitative estimate of drug-likeness (QED) is 0.889. The van der Waals surface area contributed by atoms with Crippen LogP contribution in [0.1, 0.15) is 19.0 Å². The molecule has 0 aliphatic carbocycles. The van der Waals surface area contributed by atoms with E-state index in [2.05, 4.69) is 15.4 Å². The first kappa shape index (κ1) is 16.9. The van der Waals surface area contributed by atoms with Crippen LogP contribution in [-0.4, -0.2) is 49.9 Å². The Kier molecular flexibility index (Phi) is 4.20. The van der Waals surface area contributed by atoms with Gasteiger partial charge in [0.25, 0.3) is 0 Å². The molecule has 8 nitrogen and oxygen atoms in total. The number of nitrogens with zero attached hydrogens (tertiary/aromatic N) is 4. The van der Waals surface area contributed by atoms with Crippen LogP contribution in [0.25, 0.3) is 11.1 Å². The van der Waals surface area contributed by atoms with Crippen molar-refractivity contribution in [3.63, 3.8) is 0 Å². The van der Waals surface area contributed by atoms with E-state index in [9.17, 15) is 14.7 Å². The maximum atomic E-state index is 12.4. The Labute approximate surface area is 145 Å². The maximum absolute atomic E-state index is 12.4. The van der Waals surface area contributed by atoms with Gasteiger partial charge in [-0.25, -0.2) is 9.78 Å². The summed E-state index contributed by atoms with van der Waals surface area (Å²) in [7, 11) is 1.85. The molecule has 25 heavy (non-hydrogen) atoms. The smallest absolute Gasteiger partial charge is 0.323 e. The Morgan fingerprint density at radius 2 is 2.12 bits per heavy atom. The first-order valence-corrected chi connectivity index (χ1v) is 8.04. The molecular weight excluding hydrogens is 322 g/mol. The molecule has 2 N–H and O–H groups in total. The van der Waals surface area contributed by atoms with Crippen LogP contribution in [0.3, 0.4) is 0 Å². The van der Waals surface area contributed by atoms with Crippen molar-refractivity contribution < 1.29 is 14.7 Å². The van der Waals surface area contributed by atoms with Gasteiger partial charge in [0.2, 0.25) is 0 Å². The van der Waals surface area contributed by atoms with E-state index in [-0.39, 0.29) is 12.6 Å². The SMILES string of the molecule is Cc1nc(NC(=O)N2CCC(C)(C(=O)O)C2)ccc1-c1cnn(C)c1. The van der Waals surface area contributed by atoms with E-state index in [0.29, 0.717) is 18.8 Å². The van der Waals surface area contributed by atoms with Crippen molar-refractivity contribution in [2.45, 2.75) is 20.3 Å². The van der Waals surface area contributed by atoms with Gasteiger partial charge in [0, 0.05) is 43.2 Å². The predicted molar refractivity (Wildman–Crippen MR) is 92.1 cm³/mol. The van der Waals surface area contributed by atoms with E-state index >= 15 is 0 Å². The lowest BCUT2D eigenvalue weighted by Gasteiger charge is -2.20. The highest BCUT2D eigenvalue weighted by atomic mass is 16.4. The van der Waals surface area contributed by atoms with E-state index < -0.39 is 11.4 Å². The molecule has 0 bridgehead atoms. The first-order valence-electron chi connectivity index (χ1n) is 8.04. The van der Waals surface area contributed by atoms with Gasteiger partial charge in [0.15, 0.2) is 0 Å². The molecule has 3 rings (SSSR count). The van der Waals surface area contributed by atoms with Gasteiger partial charge in [-0.3, -0.25) is 14.8 Å². The number of carbonyl (C=O) groups excluding carboxylic acids is 1. The van der Waals surface area contributed by atoms with Crippen molar-refractivity contribution in [3.05, 3.63) is 30.2 Å². The fourth-order valence-corrected chi connectivity index (χ4v) is 2.99.